The molecule has 2 amide bonds. The first kappa shape index (κ1) is 18.3. The van der Waals surface area contributed by atoms with Gasteiger partial charge in [0.25, 0.3) is 0 Å². The van der Waals surface area contributed by atoms with E-state index in [1.165, 1.54) is 12.0 Å². The maximum absolute atomic E-state index is 12.1. The van der Waals surface area contributed by atoms with Crippen LogP contribution < -0.4 is 20.7 Å². The summed E-state index contributed by atoms with van der Waals surface area (Å²) in [4.78, 5) is 12.1. The first-order chi connectivity index (χ1) is 12.8. The molecule has 5 heteroatoms. The van der Waals surface area contributed by atoms with Crippen molar-refractivity contribution in [2.75, 3.05) is 25.0 Å². The van der Waals surface area contributed by atoms with Crippen LogP contribution in [-0.2, 0) is 6.42 Å². The molecule has 0 aromatic heterocycles. The molecule has 1 aliphatic heterocycles. The predicted octanol–water partition coefficient (Wildman–Crippen LogP) is 3.57. The van der Waals surface area contributed by atoms with E-state index in [0.29, 0.717) is 30.6 Å². The fraction of sp³-hybridized carbons (Fsp3) is 0.381. The number of hydrogen-bond donors (Lipinski definition) is 3. The zero-order chi connectivity index (χ0) is 18.0. The Morgan fingerprint density at radius 3 is 2.73 bits per heavy atom. The van der Waals surface area contributed by atoms with Gasteiger partial charge in [0.1, 0.15) is 5.75 Å². The van der Waals surface area contributed by atoms with Crippen molar-refractivity contribution in [2.45, 2.75) is 31.7 Å². The first-order valence-corrected chi connectivity index (χ1v) is 9.35. The fourth-order valence-electron chi connectivity index (χ4n) is 3.11. The van der Waals surface area contributed by atoms with Gasteiger partial charge in [0.05, 0.1) is 12.3 Å². The number of nitrogens with one attached hydrogen (secondary N) is 3. The minimum absolute atomic E-state index is 0.195. The Labute approximate surface area is 155 Å². The van der Waals surface area contributed by atoms with Crippen molar-refractivity contribution in [3.8, 4) is 5.75 Å². The Hall–Kier alpha value is -2.53. The van der Waals surface area contributed by atoms with Crippen LogP contribution in [0.5, 0.6) is 5.75 Å². The highest BCUT2D eigenvalue weighted by Crippen LogP contribution is 2.24. The molecule has 1 fully saturated rings. The Bertz CT molecular complexity index is 685. The molecule has 0 unspecified atom stereocenters. The van der Waals surface area contributed by atoms with Gasteiger partial charge in [-0.05, 0) is 49.9 Å². The van der Waals surface area contributed by atoms with E-state index in [-0.39, 0.29) is 6.03 Å². The lowest BCUT2D eigenvalue weighted by Crippen LogP contribution is -2.39. The highest BCUT2D eigenvalue weighted by atomic mass is 16.5. The Morgan fingerprint density at radius 1 is 1.12 bits per heavy atom. The van der Waals surface area contributed by atoms with Crippen LogP contribution in [0.3, 0.4) is 0 Å². The van der Waals surface area contributed by atoms with Crippen LogP contribution in [0.1, 0.15) is 24.8 Å². The second-order valence-corrected chi connectivity index (χ2v) is 6.56. The van der Waals surface area contributed by atoms with E-state index in [4.69, 9.17) is 4.74 Å². The topological polar surface area (TPSA) is 62.4 Å². The van der Waals surface area contributed by atoms with Gasteiger partial charge in [-0.25, -0.2) is 4.79 Å². The Morgan fingerprint density at radius 2 is 1.92 bits per heavy atom. The lowest BCUT2D eigenvalue weighted by atomic mass is 10.1. The van der Waals surface area contributed by atoms with Gasteiger partial charge >= 0.3 is 6.03 Å². The summed E-state index contributed by atoms with van der Waals surface area (Å²) >= 11 is 0. The van der Waals surface area contributed by atoms with E-state index in [2.05, 4.69) is 40.2 Å². The van der Waals surface area contributed by atoms with Gasteiger partial charge < -0.3 is 20.7 Å². The summed E-state index contributed by atoms with van der Waals surface area (Å²) in [6.45, 7) is 2.29. The number of urea groups is 1. The summed E-state index contributed by atoms with van der Waals surface area (Å²) in [5.41, 5.74) is 2.01. The van der Waals surface area contributed by atoms with Crippen LogP contribution in [0.4, 0.5) is 10.5 Å². The number of hydrogen-bond acceptors (Lipinski definition) is 3. The van der Waals surface area contributed by atoms with Crippen molar-refractivity contribution < 1.29 is 9.53 Å². The number of aryl methyl sites for hydroxylation is 1. The minimum atomic E-state index is -0.195. The molecule has 3 N–H and O–H groups in total. The third kappa shape index (κ3) is 5.77. The van der Waals surface area contributed by atoms with Crippen LogP contribution >= 0.6 is 0 Å². The maximum atomic E-state index is 12.1. The standard InChI is InChI=1S/C21H27N3O2/c25-21(23-16-18-11-6-14-22-18)24-19-12-4-5-13-20(19)26-15-7-10-17-8-2-1-3-9-17/h1-5,8-9,12-13,18,22H,6-7,10-11,14-16H2,(H2,23,24,25)/t18-/m1/s1. The van der Waals surface area contributed by atoms with E-state index >= 15 is 0 Å². The predicted molar refractivity (Wildman–Crippen MR) is 105 cm³/mol. The monoisotopic (exact) mass is 353 g/mol. The highest BCUT2D eigenvalue weighted by molar-refractivity contribution is 5.90. The molecule has 1 atom stereocenters. The van der Waals surface area contributed by atoms with E-state index < -0.39 is 0 Å². The van der Waals surface area contributed by atoms with Crippen LogP contribution in [0, 0.1) is 0 Å². The first-order valence-electron chi connectivity index (χ1n) is 9.35. The fourth-order valence-corrected chi connectivity index (χ4v) is 3.11. The molecule has 26 heavy (non-hydrogen) atoms. The Kier molecular flexibility index (Phi) is 6.90. The normalized spacial score (nSPS) is 16.2. The molecule has 1 heterocycles. The minimum Gasteiger partial charge on any atom is -0.491 e. The number of rotatable bonds is 8. The van der Waals surface area contributed by atoms with Gasteiger partial charge in [0.2, 0.25) is 0 Å². The number of carbonyl (C=O) groups is 1. The molecule has 5 nitrogen and oxygen atoms in total. The molecule has 1 saturated heterocycles. The smallest absolute Gasteiger partial charge is 0.319 e. The van der Waals surface area contributed by atoms with Gasteiger partial charge in [0.15, 0.2) is 0 Å². The zero-order valence-corrected chi connectivity index (χ0v) is 15.0. The lowest BCUT2D eigenvalue weighted by Gasteiger charge is -2.15. The second kappa shape index (κ2) is 9.82. The second-order valence-electron chi connectivity index (χ2n) is 6.56. The Balaban J connectivity index is 1.43. The number of para-hydroxylation sites is 2. The molecule has 0 saturated carbocycles. The summed E-state index contributed by atoms with van der Waals surface area (Å²) in [6, 6.07) is 18.1. The number of ether oxygens (including phenoxy) is 1. The maximum Gasteiger partial charge on any atom is 0.319 e. The highest BCUT2D eigenvalue weighted by Gasteiger charge is 2.15. The van der Waals surface area contributed by atoms with Crippen LogP contribution in [-0.4, -0.2) is 31.8 Å². The largest absolute Gasteiger partial charge is 0.491 e. The van der Waals surface area contributed by atoms with Gasteiger partial charge in [-0.1, -0.05) is 42.5 Å². The van der Waals surface area contributed by atoms with Gasteiger partial charge in [-0.15, -0.1) is 0 Å². The molecule has 1 aliphatic rings. The molecular weight excluding hydrogens is 326 g/mol. The summed E-state index contributed by atoms with van der Waals surface area (Å²) in [5.74, 6) is 0.703. The summed E-state index contributed by atoms with van der Waals surface area (Å²) in [5, 5.41) is 9.18. The van der Waals surface area contributed by atoms with Gasteiger partial charge in [-0.2, -0.15) is 0 Å². The molecule has 2 aromatic carbocycles. The van der Waals surface area contributed by atoms with Crippen molar-refractivity contribution in [3.63, 3.8) is 0 Å². The molecular formula is C21H27N3O2. The average Bonchev–Trinajstić information content (AvgIpc) is 3.19. The molecule has 0 spiro atoms. The van der Waals surface area contributed by atoms with Crippen LogP contribution in [0.25, 0.3) is 0 Å². The van der Waals surface area contributed by atoms with Crippen LogP contribution in [0.15, 0.2) is 54.6 Å². The average molecular weight is 353 g/mol. The third-order valence-electron chi connectivity index (χ3n) is 4.52. The molecule has 0 bridgehead atoms. The van der Waals surface area contributed by atoms with Crippen molar-refractivity contribution in [2.24, 2.45) is 0 Å². The van der Waals surface area contributed by atoms with Gasteiger partial charge in [-0.3, -0.25) is 0 Å². The SMILES string of the molecule is O=C(NC[C@H]1CCCN1)Nc1ccccc1OCCCc1ccccc1. The van der Waals surface area contributed by atoms with Crippen molar-refractivity contribution >= 4 is 11.7 Å². The number of anilines is 1. The van der Waals surface area contributed by atoms with E-state index in [0.717, 1.165) is 25.8 Å². The van der Waals surface area contributed by atoms with Crippen molar-refractivity contribution in [1.82, 2.24) is 10.6 Å². The molecule has 0 radical (unpaired) electrons. The number of amides is 2. The van der Waals surface area contributed by atoms with Crippen molar-refractivity contribution in [1.29, 1.82) is 0 Å². The quantitative estimate of drug-likeness (QED) is 0.636. The van der Waals surface area contributed by atoms with Crippen molar-refractivity contribution in [3.05, 3.63) is 60.2 Å². The third-order valence-corrected chi connectivity index (χ3v) is 4.52. The number of carbonyl (C=O) groups excluding carboxylic acids is 1. The number of benzene rings is 2. The molecule has 2 aromatic rings. The summed E-state index contributed by atoms with van der Waals surface area (Å²) in [6.07, 6.45) is 4.19. The summed E-state index contributed by atoms with van der Waals surface area (Å²) < 4.78 is 5.88. The van der Waals surface area contributed by atoms with E-state index in [1.54, 1.807) is 0 Å². The van der Waals surface area contributed by atoms with E-state index in [9.17, 15) is 4.79 Å². The molecule has 138 valence electrons. The van der Waals surface area contributed by atoms with Crippen LogP contribution in [0.2, 0.25) is 0 Å². The van der Waals surface area contributed by atoms with Gasteiger partial charge in [0, 0.05) is 12.6 Å². The molecule has 3 rings (SSSR count). The molecule has 0 aliphatic carbocycles. The van der Waals surface area contributed by atoms with E-state index in [1.807, 2.05) is 30.3 Å². The zero-order valence-electron chi connectivity index (χ0n) is 15.0. The summed E-state index contributed by atoms with van der Waals surface area (Å²) in [7, 11) is 0. The lowest BCUT2D eigenvalue weighted by molar-refractivity contribution is 0.250.